The number of hydrogen-bond donors (Lipinski definition) is 1. The molecule has 1 fully saturated rings. The van der Waals surface area contributed by atoms with E-state index in [0.29, 0.717) is 18.0 Å². The topological polar surface area (TPSA) is 62.3 Å². The van der Waals surface area contributed by atoms with Crippen LogP contribution in [0.5, 0.6) is 0 Å². The molecular formula is C16H19N3O2S2. The summed E-state index contributed by atoms with van der Waals surface area (Å²) < 4.78 is 0. The zero-order chi connectivity index (χ0) is 16.6. The molecule has 1 aliphatic rings. The first kappa shape index (κ1) is 16.1. The lowest BCUT2D eigenvalue weighted by atomic mass is 9.87. The van der Waals surface area contributed by atoms with Gasteiger partial charge >= 0.3 is 0 Å². The molecular weight excluding hydrogens is 330 g/mol. The summed E-state index contributed by atoms with van der Waals surface area (Å²) in [6.07, 6.45) is 0.979. The average Bonchev–Trinajstić information content (AvgIpc) is 3.12. The maximum Gasteiger partial charge on any atom is 0.231 e. The fraction of sp³-hybridized carbons (Fsp3) is 0.438. The Morgan fingerprint density at radius 2 is 2.22 bits per heavy atom. The Morgan fingerprint density at radius 3 is 2.83 bits per heavy atom. The maximum atomic E-state index is 12.8. The second-order valence-corrected chi connectivity index (χ2v) is 7.94. The second kappa shape index (κ2) is 6.41. The Bertz CT molecular complexity index is 704. The van der Waals surface area contributed by atoms with Crippen LogP contribution in [0.25, 0.3) is 0 Å². The SMILES string of the molecule is Cc1nc(NC(=O)[C@@H]2CCC(=O)N(C)[C@@H]2c2cccs2)sc1C. The van der Waals surface area contributed by atoms with Crippen molar-refractivity contribution in [3.63, 3.8) is 0 Å². The van der Waals surface area contributed by atoms with Gasteiger partial charge in [0.1, 0.15) is 0 Å². The van der Waals surface area contributed by atoms with E-state index in [9.17, 15) is 9.59 Å². The van der Waals surface area contributed by atoms with Crippen LogP contribution in [0.2, 0.25) is 0 Å². The summed E-state index contributed by atoms with van der Waals surface area (Å²) in [7, 11) is 1.78. The van der Waals surface area contributed by atoms with E-state index in [-0.39, 0.29) is 23.8 Å². The van der Waals surface area contributed by atoms with E-state index < -0.39 is 0 Å². The van der Waals surface area contributed by atoms with E-state index >= 15 is 0 Å². The van der Waals surface area contributed by atoms with Gasteiger partial charge in [-0.25, -0.2) is 4.98 Å². The molecule has 2 aromatic rings. The van der Waals surface area contributed by atoms with Gasteiger partial charge in [-0.05, 0) is 31.7 Å². The summed E-state index contributed by atoms with van der Waals surface area (Å²) in [6, 6.07) is 3.75. The van der Waals surface area contributed by atoms with Crippen molar-refractivity contribution < 1.29 is 9.59 Å². The van der Waals surface area contributed by atoms with Crippen molar-refractivity contribution in [3.05, 3.63) is 33.0 Å². The number of nitrogens with zero attached hydrogens (tertiary/aromatic N) is 2. The number of thiophene rings is 1. The lowest BCUT2D eigenvalue weighted by Crippen LogP contribution is -2.44. The summed E-state index contributed by atoms with van der Waals surface area (Å²) in [5.41, 5.74) is 0.941. The van der Waals surface area contributed by atoms with Gasteiger partial charge in [0.25, 0.3) is 0 Å². The highest BCUT2D eigenvalue weighted by Crippen LogP contribution is 2.38. The smallest absolute Gasteiger partial charge is 0.231 e. The van der Waals surface area contributed by atoms with E-state index in [4.69, 9.17) is 0 Å². The van der Waals surface area contributed by atoms with E-state index in [1.54, 1.807) is 23.3 Å². The molecule has 1 aliphatic heterocycles. The number of hydrogen-bond acceptors (Lipinski definition) is 5. The molecule has 0 saturated carbocycles. The number of carbonyl (C=O) groups excluding carboxylic acids is 2. The molecule has 3 heterocycles. The Morgan fingerprint density at radius 1 is 1.43 bits per heavy atom. The molecule has 23 heavy (non-hydrogen) atoms. The van der Waals surface area contributed by atoms with Crippen LogP contribution in [0.1, 0.15) is 34.3 Å². The van der Waals surface area contributed by atoms with Crippen molar-refractivity contribution in [3.8, 4) is 0 Å². The molecule has 1 N–H and O–H groups in total. The first-order valence-electron chi connectivity index (χ1n) is 7.51. The van der Waals surface area contributed by atoms with Crippen molar-refractivity contribution in [2.75, 3.05) is 12.4 Å². The zero-order valence-electron chi connectivity index (χ0n) is 13.3. The number of nitrogens with one attached hydrogen (secondary N) is 1. The number of aromatic nitrogens is 1. The molecule has 2 aromatic heterocycles. The molecule has 0 spiro atoms. The van der Waals surface area contributed by atoms with Gasteiger partial charge in [-0.3, -0.25) is 9.59 Å². The van der Waals surface area contributed by atoms with Gasteiger partial charge in [-0.2, -0.15) is 0 Å². The Balaban J connectivity index is 1.83. The maximum absolute atomic E-state index is 12.8. The molecule has 0 unspecified atom stereocenters. The molecule has 3 rings (SSSR count). The van der Waals surface area contributed by atoms with Gasteiger partial charge in [0.15, 0.2) is 5.13 Å². The third-order valence-electron chi connectivity index (χ3n) is 4.29. The summed E-state index contributed by atoms with van der Waals surface area (Å²) >= 11 is 3.07. The molecule has 0 bridgehead atoms. The molecule has 2 atom stereocenters. The monoisotopic (exact) mass is 349 g/mol. The van der Waals surface area contributed by atoms with E-state index in [1.165, 1.54) is 11.3 Å². The van der Waals surface area contributed by atoms with Crippen LogP contribution in [0.15, 0.2) is 17.5 Å². The summed E-state index contributed by atoms with van der Waals surface area (Å²) in [5.74, 6) is -0.217. The normalized spacial score (nSPS) is 21.5. The number of anilines is 1. The highest BCUT2D eigenvalue weighted by Gasteiger charge is 2.39. The van der Waals surface area contributed by atoms with Crippen LogP contribution in [0.3, 0.4) is 0 Å². The Hall–Kier alpha value is -1.73. The van der Waals surface area contributed by atoms with Gasteiger partial charge in [-0.15, -0.1) is 22.7 Å². The van der Waals surface area contributed by atoms with Gasteiger partial charge < -0.3 is 10.2 Å². The predicted molar refractivity (Wildman–Crippen MR) is 92.8 cm³/mol. The number of carbonyl (C=O) groups is 2. The minimum atomic E-state index is -0.249. The van der Waals surface area contributed by atoms with Gasteiger partial charge in [0, 0.05) is 23.2 Å². The van der Waals surface area contributed by atoms with Crippen LogP contribution in [-0.2, 0) is 9.59 Å². The molecule has 0 radical (unpaired) electrons. The van der Waals surface area contributed by atoms with E-state index in [1.807, 2.05) is 31.4 Å². The molecule has 5 nitrogen and oxygen atoms in total. The average molecular weight is 349 g/mol. The lowest BCUT2D eigenvalue weighted by Gasteiger charge is -2.37. The van der Waals surface area contributed by atoms with E-state index in [2.05, 4.69) is 10.3 Å². The molecule has 7 heteroatoms. The molecule has 1 saturated heterocycles. The Labute approximate surface area is 143 Å². The molecule has 2 amide bonds. The van der Waals surface area contributed by atoms with E-state index in [0.717, 1.165) is 15.4 Å². The van der Waals surface area contributed by atoms with Crippen molar-refractivity contribution in [2.45, 2.75) is 32.7 Å². The predicted octanol–water partition coefficient (Wildman–Crippen LogP) is 3.37. The number of thiazole rings is 1. The first-order chi connectivity index (χ1) is 11.0. The van der Waals surface area contributed by atoms with Crippen LogP contribution < -0.4 is 5.32 Å². The summed E-state index contributed by atoms with van der Waals surface area (Å²) in [4.78, 5) is 33.1. The van der Waals surface area contributed by atoms with Gasteiger partial charge in [0.05, 0.1) is 17.7 Å². The van der Waals surface area contributed by atoms with Crippen LogP contribution >= 0.6 is 22.7 Å². The van der Waals surface area contributed by atoms with Crippen LogP contribution in [0, 0.1) is 19.8 Å². The largest absolute Gasteiger partial charge is 0.337 e. The van der Waals surface area contributed by atoms with Crippen LogP contribution in [-0.4, -0.2) is 28.7 Å². The van der Waals surface area contributed by atoms with Gasteiger partial charge in [0.2, 0.25) is 11.8 Å². The molecule has 0 aromatic carbocycles. The van der Waals surface area contributed by atoms with Crippen molar-refractivity contribution in [2.24, 2.45) is 5.92 Å². The van der Waals surface area contributed by atoms with Crippen molar-refractivity contribution in [1.82, 2.24) is 9.88 Å². The minimum absolute atomic E-state index is 0.0588. The Kier molecular flexibility index (Phi) is 4.50. The first-order valence-corrected chi connectivity index (χ1v) is 9.21. The fourth-order valence-electron chi connectivity index (χ4n) is 2.89. The highest BCUT2D eigenvalue weighted by molar-refractivity contribution is 7.15. The number of likely N-dealkylation sites (tertiary alicyclic amines) is 1. The van der Waals surface area contributed by atoms with Gasteiger partial charge in [-0.1, -0.05) is 6.07 Å². The standard InChI is InChI=1S/C16H19N3O2S2/c1-9-10(2)23-16(17-9)18-15(21)11-6-7-13(20)19(3)14(11)12-5-4-8-22-12/h4-5,8,11,14H,6-7H2,1-3H3,(H,17,18,21)/t11-,14+/m1/s1. The molecule has 0 aliphatic carbocycles. The third kappa shape index (κ3) is 3.16. The summed E-state index contributed by atoms with van der Waals surface area (Å²) in [6.45, 7) is 3.92. The third-order valence-corrected chi connectivity index (χ3v) is 6.22. The minimum Gasteiger partial charge on any atom is -0.337 e. The quantitative estimate of drug-likeness (QED) is 0.924. The van der Waals surface area contributed by atoms with Crippen molar-refractivity contribution in [1.29, 1.82) is 0 Å². The number of rotatable bonds is 3. The highest BCUT2D eigenvalue weighted by atomic mass is 32.1. The van der Waals surface area contributed by atoms with Crippen molar-refractivity contribution >= 4 is 39.6 Å². The second-order valence-electron chi connectivity index (χ2n) is 5.76. The number of aryl methyl sites for hydroxylation is 2. The summed E-state index contributed by atoms with van der Waals surface area (Å²) in [5, 5.41) is 5.55. The van der Waals surface area contributed by atoms with Crippen LogP contribution in [0.4, 0.5) is 5.13 Å². The lowest BCUT2D eigenvalue weighted by molar-refractivity contribution is -0.140. The number of piperidine rings is 1. The number of amides is 2. The zero-order valence-corrected chi connectivity index (χ0v) is 15.0. The fourth-order valence-corrected chi connectivity index (χ4v) is 4.64. The molecule has 122 valence electrons.